The summed E-state index contributed by atoms with van der Waals surface area (Å²) in [4.78, 5) is 22.0. The van der Waals surface area contributed by atoms with Crippen LogP contribution in [0.4, 0.5) is 0 Å². The second-order valence-corrected chi connectivity index (χ2v) is 8.25. The average Bonchev–Trinajstić information content (AvgIpc) is 2.79. The van der Waals surface area contributed by atoms with Crippen LogP contribution < -0.4 is 0 Å². The Bertz CT molecular complexity index is 1030. The second-order valence-electron chi connectivity index (χ2n) is 8.25. The number of benzene rings is 2. The summed E-state index contributed by atoms with van der Waals surface area (Å²) in [6.45, 7) is 4.26. The molecule has 3 aromatic rings. The van der Waals surface area contributed by atoms with Gasteiger partial charge in [0.1, 0.15) is 0 Å². The quantitative estimate of drug-likeness (QED) is 0.682. The highest BCUT2D eigenvalue weighted by molar-refractivity contribution is 5.94. The molecule has 1 aliphatic heterocycles. The van der Waals surface area contributed by atoms with Crippen molar-refractivity contribution in [2.24, 2.45) is 0 Å². The second kappa shape index (κ2) is 7.96. The molecule has 0 spiro atoms. The van der Waals surface area contributed by atoms with Crippen molar-refractivity contribution in [2.75, 3.05) is 26.2 Å². The van der Waals surface area contributed by atoms with Crippen LogP contribution in [0.25, 0.3) is 10.9 Å². The maximum absolute atomic E-state index is 13.0. The first kappa shape index (κ1) is 18.3. The smallest absolute Gasteiger partial charge is 0.253 e. The lowest BCUT2D eigenvalue weighted by atomic mass is 9.90. The van der Waals surface area contributed by atoms with Gasteiger partial charge in [-0.25, -0.2) is 0 Å². The number of hydrogen-bond acceptors (Lipinski definition) is 3. The van der Waals surface area contributed by atoms with Crippen molar-refractivity contribution in [1.29, 1.82) is 0 Å². The SMILES string of the molecule is O=C(c1ccc2c(c1)CCCC2)N1CCN(Cc2cccc3cccnc23)CC1. The van der Waals surface area contributed by atoms with Crippen LogP contribution in [0.3, 0.4) is 0 Å². The molecule has 1 amide bonds. The van der Waals surface area contributed by atoms with Gasteiger partial charge in [0.2, 0.25) is 0 Å². The lowest BCUT2D eigenvalue weighted by molar-refractivity contribution is 0.0628. The van der Waals surface area contributed by atoms with Gasteiger partial charge in [-0.2, -0.15) is 0 Å². The van der Waals surface area contributed by atoms with E-state index in [1.807, 2.05) is 23.2 Å². The number of amides is 1. The molecule has 148 valence electrons. The summed E-state index contributed by atoms with van der Waals surface area (Å²) < 4.78 is 0. The molecule has 1 aliphatic carbocycles. The van der Waals surface area contributed by atoms with E-state index in [1.54, 1.807) is 0 Å². The summed E-state index contributed by atoms with van der Waals surface area (Å²) in [7, 11) is 0. The largest absolute Gasteiger partial charge is 0.336 e. The van der Waals surface area contributed by atoms with Gasteiger partial charge >= 0.3 is 0 Å². The molecule has 0 bridgehead atoms. The Kier molecular flexibility index (Phi) is 5.03. The molecule has 0 saturated carbocycles. The predicted molar refractivity (Wildman–Crippen MR) is 116 cm³/mol. The van der Waals surface area contributed by atoms with Crippen LogP contribution >= 0.6 is 0 Å². The van der Waals surface area contributed by atoms with Gasteiger partial charge < -0.3 is 4.90 Å². The van der Waals surface area contributed by atoms with Crippen molar-refractivity contribution >= 4 is 16.8 Å². The Morgan fingerprint density at radius 1 is 0.897 bits per heavy atom. The maximum atomic E-state index is 13.0. The zero-order valence-electron chi connectivity index (χ0n) is 16.8. The van der Waals surface area contributed by atoms with Gasteiger partial charge in [0, 0.05) is 49.9 Å². The average molecular weight is 386 g/mol. The van der Waals surface area contributed by atoms with Crippen LogP contribution in [0.2, 0.25) is 0 Å². The predicted octanol–water partition coefficient (Wildman–Crippen LogP) is 4.07. The van der Waals surface area contributed by atoms with Crippen LogP contribution in [0.5, 0.6) is 0 Å². The fourth-order valence-electron chi connectivity index (χ4n) is 4.69. The Labute approximate surface area is 172 Å². The Balaban J connectivity index is 1.24. The van der Waals surface area contributed by atoms with E-state index in [0.29, 0.717) is 0 Å². The number of rotatable bonds is 3. The summed E-state index contributed by atoms with van der Waals surface area (Å²) >= 11 is 0. The molecule has 2 aromatic carbocycles. The molecule has 0 atom stereocenters. The number of nitrogens with zero attached hydrogens (tertiary/aromatic N) is 3. The number of fused-ring (bicyclic) bond motifs is 2. The van der Waals surface area contributed by atoms with E-state index < -0.39 is 0 Å². The molecular weight excluding hydrogens is 358 g/mol. The van der Waals surface area contributed by atoms with Crippen molar-refractivity contribution in [3.8, 4) is 0 Å². The first-order valence-corrected chi connectivity index (χ1v) is 10.7. The number of aryl methyl sites for hydroxylation is 2. The first-order valence-electron chi connectivity index (χ1n) is 10.7. The number of carbonyl (C=O) groups is 1. The summed E-state index contributed by atoms with van der Waals surface area (Å²) in [6, 6.07) is 16.8. The van der Waals surface area contributed by atoms with Crippen molar-refractivity contribution in [3.63, 3.8) is 0 Å². The third-order valence-corrected chi connectivity index (χ3v) is 6.37. The fourth-order valence-corrected chi connectivity index (χ4v) is 4.69. The topological polar surface area (TPSA) is 36.4 Å². The minimum Gasteiger partial charge on any atom is -0.336 e. The number of hydrogen-bond donors (Lipinski definition) is 0. The first-order chi connectivity index (χ1) is 14.3. The highest BCUT2D eigenvalue weighted by atomic mass is 16.2. The van der Waals surface area contributed by atoms with Crippen molar-refractivity contribution < 1.29 is 4.79 Å². The minimum absolute atomic E-state index is 0.185. The molecule has 0 radical (unpaired) electrons. The van der Waals surface area contributed by atoms with Crippen LogP contribution in [-0.2, 0) is 19.4 Å². The molecule has 1 fully saturated rings. The molecule has 5 rings (SSSR count). The summed E-state index contributed by atoms with van der Waals surface area (Å²) in [6.07, 6.45) is 6.65. The Morgan fingerprint density at radius 3 is 2.55 bits per heavy atom. The minimum atomic E-state index is 0.185. The summed E-state index contributed by atoms with van der Waals surface area (Å²) in [5.41, 5.74) is 6.02. The van der Waals surface area contributed by atoms with Crippen LogP contribution in [-0.4, -0.2) is 46.9 Å². The monoisotopic (exact) mass is 385 g/mol. The highest BCUT2D eigenvalue weighted by Gasteiger charge is 2.23. The van der Waals surface area contributed by atoms with Crippen molar-refractivity contribution in [2.45, 2.75) is 32.2 Å². The van der Waals surface area contributed by atoms with Crippen LogP contribution in [0.15, 0.2) is 54.7 Å². The van der Waals surface area contributed by atoms with E-state index in [9.17, 15) is 4.79 Å². The standard InChI is InChI=1S/C25H27N3O/c29-25(22-11-10-19-5-1-2-6-21(19)17-22)28-15-13-27(14-16-28)18-23-8-3-7-20-9-4-12-26-24(20)23/h3-4,7-12,17H,1-2,5-6,13-16,18H2. The van der Waals surface area contributed by atoms with Gasteiger partial charge in [-0.1, -0.05) is 30.3 Å². The Morgan fingerprint density at radius 2 is 1.69 bits per heavy atom. The van der Waals surface area contributed by atoms with Crippen LogP contribution in [0, 0.1) is 0 Å². The van der Waals surface area contributed by atoms with E-state index in [-0.39, 0.29) is 5.91 Å². The summed E-state index contributed by atoms with van der Waals surface area (Å²) in [5.74, 6) is 0.185. The molecule has 4 nitrogen and oxygen atoms in total. The number of aromatic nitrogens is 1. The molecule has 0 unspecified atom stereocenters. The van der Waals surface area contributed by atoms with Gasteiger partial charge in [0.15, 0.2) is 0 Å². The van der Waals surface area contributed by atoms with Crippen LogP contribution in [0.1, 0.15) is 39.9 Å². The normalized spacial score (nSPS) is 17.3. The van der Waals surface area contributed by atoms with E-state index >= 15 is 0 Å². The molecule has 1 aromatic heterocycles. The van der Waals surface area contributed by atoms with E-state index in [2.05, 4.69) is 46.3 Å². The molecule has 0 N–H and O–H groups in total. The lowest BCUT2D eigenvalue weighted by Gasteiger charge is -2.35. The zero-order chi connectivity index (χ0) is 19.6. The van der Waals surface area contributed by atoms with Gasteiger partial charge in [0.25, 0.3) is 5.91 Å². The number of piperazine rings is 1. The molecule has 4 heteroatoms. The van der Waals surface area contributed by atoms with Crippen molar-refractivity contribution in [3.05, 3.63) is 77.0 Å². The molecule has 29 heavy (non-hydrogen) atoms. The van der Waals surface area contributed by atoms with Gasteiger partial charge in [-0.3, -0.25) is 14.7 Å². The van der Waals surface area contributed by atoms with E-state index in [1.165, 1.54) is 34.9 Å². The van der Waals surface area contributed by atoms with Gasteiger partial charge in [-0.05, 0) is 60.6 Å². The maximum Gasteiger partial charge on any atom is 0.253 e. The third-order valence-electron chi connectivity index (χ3n) is 6.37. The fraction of sp³-hybridized carbons (Fsp3) is 0.360. The lowest BCUT2D eigenvalue weighted by Crippen LogP contribution is -2.48. The molecular formula is C25H27N3O. The van der Waals surface area contributed by atoms with E-state index in [0.717, 1.165) is 56.6 Å². The molecule has 2 aliphatic rings. The molecule has 2 heterocycles. The number of carbonyl (C=O) groups excluding carboxylic acids is 1. The third kappa shape index (κ3) is 3.77. The van der Waals surface area contributed by atoms with E-state index in [4.69, 9.17) is 0 Å². The highest BCUT2D eigenvalue weighted by Crippen LogP contribution is 2.23. The van der Waals surface area contributed by atoms with Gasteiger partial charge in [-0.15, -0.1) is 0 Å². The number of pyridine rings is 1. The number of para-hydroxylation sites is 1. The van der Waals surface area contributed by atoms with Crippen molar-refractivity contribution in [1.82, 2.24) is 14.8 Å². The zero-order valence-corrected chi connectivity index (χ0v) is 16.8. The Hall–Kier alpha value is -2.72. The summed E-state index contributed by atoms with van der Waals surface area (Å²) in [5, 5.41) is 1.19. The van der Waals surface area contributed by atoms with Gasteiger partial charge in [0.05, 0.1) is 5.52 Å². The molecule has 1 saturated heterocycles.